The second kappa shape index (κ2) is 30.3. The van der Waals surface area contributed by atoms with Crippen LogP contribution < -0.4 is 10.2 Å². The zero-order chi connectivity index (χ0) is 34.4. The van der Waals surface area contributed by atoms with Crippen LogP contribution in [0.25, 0.3) is 0 Å². The monoisotopic (exact) mass is 675 g/mol. The molecular formula is C37H75N2O6P. The molecule has 9 heteroatoms. The number of hydrogen-bond donors (Lipinski definition) is 2. The van der Waals surface area contributed by atoms with E-state index in [9.17, 15) is 19.4 Å². The van der Waals surface area contributed by atoms with E-state index in [-0.39, 0.29) is 19.1 Å². The maximum absolute atomic E-state index is 12.8. The number of carbonyl (C=O) groups excluding carboxylic acids is 1. The van der Waals surface area contributed by atoms with Crippen LogP contribution in [-0.2, 0) is 18.4 Å². The molecule has 3 atom stereocenters. The third kappa shape index (κ3) is 31.8. The number of nitrogens with zero attached hydrogens (tertiary/aromatic N) is 1. The lowest BCUT2D eigenvalue weighted by molar-refractivity contribution is -0.870. The van der Waals surface area contributed by atoms with Gasteiger partial charge in [0.25, 0.3) is 7.82 Å². The van der Waals surface area contributed by atoms with E-state index in [1.54, 1.807) is 0 Å². The molecule has 0 saturated heterocycles. The Kier molecular flexibility index (Phi) is 29.8. The summed E-state index contributed by atoms with van der Waals surface area (Å²) in [4.78, 5) is 25.1. The summed E-state index contributed by atoms with van der Waals surface area (Å²) < 4.78 is 23.1. The van der Waals surface area contributed by atoms with Crippen LogP contribution in [0, 0.1) is 0 Å². The van der Waals surface area contributed by atoms with Crippen LogP contribution in [0.3, 0.4) is 0 Å². The number of unbranched alkanes of at least 4 members (excludes halogenated alkanes) is 19. The van der Waals surface area contributed by atoms with Crippen molar-refractivity contribution in [2.75, 3.05) is 40.9 Å². The molecule has 0 spiro atoms. The summed E-state index contributed by atoms with van der Waals surface area (Å²) in [6.45, 7) is 4.64. The van der Waals surface area contributed by atoms with Crippen LogP contribution in [0.2, 0.25) is 0 Å². The van der Waals surface area contributed by atoms with Crippen LogP contribution in [0.15, 0.2) is 12.2 Å². The normalized spacial score (nSPS) is 14.8. The maximum Gasteiger partial charge on any atom is 0.268 e. The van der Waals surface area contributed by atoms with E-state index in [0.29, 0.717) is 23.9 Å². The van der Waals surface area contributed by atoms with Gasteiger partial charge in [0.05, 0.1) is 39.9 Å². The Morgan fingerprint density at radius 1 is 0.739 bits per heavy atom. The number of carbonyl (C=O) groups is 1. The minimum absolute atomic E-state index is 0.00894. The molecule has 0 aliphatic carbocycles. The first-order valence-corrected chi connectivity index (χ1v) is 20.5. The predicted octanol–water partition coefficient (Wildman–Crippen LogP) is 9.00. The molecule has 0 aliphatic heterocycles. The molecule has 274 valence electrons. The molecular weight excluding hydrogens is 599 g/mol. The van der Waals surface area contributed by atoms with Gasteiger partial charge in [0, 0.05) is 6.42 Å². The van der Waals surface area contributed by atoms with Gasteiger partial charge in [-0.25, -0.2) is 0 Å². The molecule has 0 rings (SSSR count). The topological polar surface area (TPSA) is 108 Å². The van der Waals surface area contributed by atoms with Crippen LogP contribution >= 0.6 is 7.82 Å². The van der Waals surface area contributed by atoms with E-state index >= 15 is 0 Å². The minimum Gasteiger partial charge on any atom is -0.756 e. The van der Waals surface area contributed by atoms with Crippen molar-refractivity contribution in [3.8, 4) is 0 Å². The molecule has 1 unspecified atom stereocenters. The van der Waals surface area contributed by atoms with Crippen molar-refractivity contribution in [2.24, 2.45) is 0 Å². The van der Waals surface area contributed by atoms with Crippen LogP contribution in [0.1, 0.15) is 168 Å². The van der Waals surface area contributed by atoms with Gasteiger partial charge in [-0.15, -0.1) is 0 Å². The molecule has 1 amide bonds. The maximum atomic E-state index is 12.8. The van der Waals surface area contributed by atoms with Crippen molar-refractivity contribution >= 4 is 13.7 Å². The van der Waals surface area contributed by atoms with Crippen LogP contribution in [0.4, 0.5) is 0 Å². The standard InChI is InChI=1S/C37H75N2O6P/c1-6-8-10-12-14-16-17-18-19-20-21-23-25-27-29-31-37(41)38-35(34-45-46(42,43)44-33-32-39(3,4)5)36(40)30-28-26-24-22-15-13-11-9-7-2/h15,22,35-36,40H,6-14,16-21,23-34H2,1-5H3,(H-,38,41,42,43)/b22-15+/t35-,36+/m0/s1. The first-order valence-electron chi connectivity index (χ1n) is 19.0. The quantitative estimate of drug-likeness (QED) is 0.0305. The number of phosphoric ester groups is 1. The smallest absolute Gasteiger partial charge is 0.268 e. The van der Waals surface area contributed by atoms with Crippen LogP contribution in [0.5, 0.6) is 0 Å². The minimum atomic E-state index is -4.55. The van der Waals surface area contributed by atoms with Crippen molar-refractivity contribution in [1.82, 2.24) is 5.32 Å². The van der Waals surface area contributed by atoms with Gasteiger partial charge in [0.2, 0.25) is 5.91 Å². The second-order valence-corrected chi connectivity index (χ2v) is 15.7. The summed E-state index contributed by atoms with van der Waals surface area (Å²) in [6.07, 6.45) is 30.8. The van der Waals surface area contributed by atoms with Crippen LogP contribution in [-0.4, -0.2) is 68.5 Å². The Morgan fingerprint density at radius 3 is 1.70 bits per heavy atom. The molecule has 0 aromatic heterocycles. The first kappa shape index (κ1) is 45.2. The number of likely N-dealkylation sites (N-methyl/N-ethyl adjacent to an activating group) is 1. The number of aliphatic hydroxyl groups is 1. The molecule has 0 fully saturated rings. The van der Waals surface area contributed by atoms with E-state index in [0.717, 1.165) is 44.9 Å². The molecule has 0 aliphatic rings. The lowest BCUT2D eigenvalue weighted by Crippen LogP contribution is -2.46. The third-order valence-electron chi connectivity index (χ3n) is 8.50. The SMILES string of the molecule is CCCCC/C=C/CCCC[C@@H](O)[C@H](COP(=O)([O-])OCC[N+](C)(C)C)NC(=O)CCCCCCCCCCCCCCCCC. The van der Waals surface area contributed by atoms with Gasteiger partial charge in [0.15, 0.2) is 0 Å². The Hall–Kier alpha value is -0.760. The number of allylic oxidation sites excluding steroid dienone is 2. The highest BCUT2D eigenvalue weighted by molar-refractivity contribution is 7.45. The van der Waals surface area contributed by atoms with E-state index in [1.807, 2.05) is 21.1 Å². The van der Waals surface area contributed by atoms with E-state index < -0.39 is 20.0 Å². The van der Waals surface area contributed by atoms with Gasteiger partial charge in [-0.2, -0.15) is 0 Å². The fourth-order valence-corrected chi connectivity index (χ4v) is 6.11. The lowest BCUT2D eigenvalue weighted by Gasteiger charge is -2.30. The number of hydrogen-bond acceptors (Lipinski definition) is 6. The summed E-state index contributed by atoms with van der Waals surface area (Å²) >= 11 is 0. The number of quaternary nitrogens is 1. The van der Waals surface area contributed by atoms with E-state index in [2.05, 4.69) is 31.3 Å². The lowest BCUT2D eigenvalue weighted by atomic mass is 10.0. The average molecular weight is 675 g/mol. The van der Waals surface area contributed by atoms with Gasteiger partial charge < -0.3 is 28.8 Å². The summed E-state index contributed by atoms with van der Waals surface area (Å²) in [5.74, 6) is -0.177. The molecule has 0 radical (unpaired) electrons. The summed E-state index contributed by atoms with van der Waals surface area (Å²) in [5.41, 5.74) is 0. The molecule has 0 heterocycles. The van der Waals surface area contributed by atoms with E-state index in [1.165, 1.54) is 96.3 Å². The molecule has 0 bridgehead atoms. The predicted molar refractivity (Wildman–Crippen MR) is 192 cm³/mol. The first-order chi connectivity index (χ1) is 22.0. The van der Waals surface area contributed by atoms with Gasteiger partial charge in [-0.3, -0.25) is 9.36 Å². The van der Waals surface area contributed by atoms with Gasteiger partial charge >= 0.3 is 0 Å². The Bertz CT molecular complexity index is 773. The van der Waals surface area contributed by atoms with Gasteiger partial charge in [-0.05, 0) is 38.5 Å². The average Bonchev–Trinajstić information content (AvgIpc) is 2.99. The van der Waals surface area contributed by atoms with Crippen molar-refractivity contribution in [3.63, 3.8) is 0 Å². The zero-order valence-corrected chi connectivity index (χ0v) is 31.7. The largest absolute Gasteiger partial charge is 0.756 e. The fourth-order valence-electron chi connectivity index (χ4n) is 5.38. The molecule has 0 aromatic carbocycles. The Balaban J connectivity index is 4.41. The van der Waals surface area contributed by atoms with Crippen molar-refractivity contribution in [2.45, 2.75) is 180 Å². The van der Waals surface area contributed by atoms with Crippen molar-refractivity contribution in [1.29, 1.82) is 0 Å². The number of amides is 1. The van der Waals surface area contributed by atoms with E-state index in [4.69, 9.17) is 9.05 Å². The highest BCUT2D eigenvalue weighted by Gasteiger charge is 2.24. The third-order valence-corrected chi connectivity index (χ3v) is 9.47. The van der Waals surface area contributed by atoms with Gasteiger partial charge in [-0.1, -0.05) is 135 Å². The van der Waals surface area contributed by atoms with Gasteiger partial charge in [0.1, 0.15) is 13.2 Å². The highest BCUT2D eigenvalue weighted by Crippen LogP contribution is 2.38. The molecule has 46 heavy (non-hydrogen) atoms. The molecule has 0 saturated carbocycles. The number of nitrogens with one attached hydrogen (secondary N) is 1. The number of aliphatic hydroxyl groups excluding tert-OH is 1. The number of phosphoric acid groups is 1. The summed E-state index contributed by atoms with van der Waals surface area (Å²) in [6, 6.07) is -0.808. The molecule has 8 nitrogen and oxygen atoms in total. The molecule has 0 aromatic rings. The zero-order valence-electron chi connectivity index (χ0n) is 30.8. The summed E-state index contributed by atoms with van der Waals surface area (Å²) in [7, 11) is 1.29. The Labute approximate surface area is 284 Å². The summed E-state index contributed by atoms with van der Waals surface area (Å²) in [5, 5.41) is 13.7. The number of rotatable bonds is 34. The fraction of sp³-hybridized carbons (Fsp3) is 0.919. The second-order valence-electron chi connectivity index (χ2n) is 14.3. The highest BCUT2D eigenvalue weighted by atomic mass is 31.2. The van der Waals surface area contributed by atoms with Crippen molar-refractivity contribution in [3.05, 3.63) is 12.2 Å². The Morgan fingerprint density at radius 2 is 1.20 bits per heavy atom. The molecule has 2 N–H and O–H groups in total. The van der Waals surface area contributed by atoms with Crippen molar-refractivity contribution < 1.29 is 32.9 Å².